The first-order valence-electron chi connectivity index (χ1n) is 19.8. The van der Waals surface area contributed by atoms with Gasteiger partial charge in [0.25, 0.3) is 0 Å². The monoisotopic (exact) mass is 729 g/mol. The van der Waals surface area contributed by atoms with E-state index in [-0.39, 0.29) is 5.41 Å². The van der Waals surface area contributed by atoms with Crippen molar-refractivity contribution in [2.45, 2.75) is 19.3 Å². The van der Waals surface area contributed by atoms with Crippen LogP contribution < -0.4 is 4.90 Å². The normalized spacial score (nSPS) is 12.9. The van der Waals surface area contributed by atoms with Gasteiger partial charge in [-0.2, -0.15) is 0 Å². The minimum atomic E-state index is -0.150. The van der Waals surface area contributed by atoms with Crippen molar-refractivity contribution in [2.24, 2.45) is 0 Å². The van der Waals surface area contributed by atoms with Crippen molar-refractivity contribution in [1.82, 2.24) is 0 Å². The third-order valence-corrected chi connectivity index (χ3v) is 12.1. The molecule has 10 aromatic rings. The molecule has 0 amide bonds. The van der Waals surface area contributed by atoms with Gasteiger partial charge in [-0.05, 0) is 97.9 Å². The zero-order valence-corrected chi connectivity index (χ0v) is 31.9. The van der Waals surface area contributed by atoms with Gasteiger partial charge in [0.1, 0.15) is 11.2 Å². The Labute approximate surface area is 332 Å². The van der Waals surface area contributed by atoms with Gasteiger partial charge in [0, 0.05) is 33.1 Å². The third kappa shape index (κ3) is 5.25. The minimum Gasteiger partial charge on any atom is -0.455 e. The molecule has 0 bridgehead atoms. The Kier molecular flexibility index (Phi) is 7.55. The maximum Gasteiger partial charge on any atom is 0.145 e. The fourth-order valence-electron chi connectivity index (χ4n) is 9.27. The summed E-state index contributed by atoms with van der Waals surface area (Å²) in [5, 5.41) is 4.46. The number of nitrogens with zero attached hydrogens (tertiary/aromatic N) is 1. The molecule has 1 aliphatic rings. The summed E-state index contributed by atoms with van der Waals surface area (Å²) in [6, 6.07) is 72.5. The van der Waals surface area contributed by atoms with Gasteiger partial charge in [-0.3, -0.25) is 0 Å². The van der Waals surface area contributed by atoms with Gasteiger partial charge in [-0.15, -0.1) is 0 Å². The number of hydrogen-bond donors (Lipinski definition) is 0. The molecule has 1 aliphatic carbocycles. The maximum atomic E-state index is 7.20. The summed E-state index contributed by atoms with van der Waals surface area (Å²) in [4.78, 5) is 2.44. The van der Waals surface area contributed by atoms with E-state index >= 15 is 0 Å². The first kappa shape index (κ1) is 33.2. The highest BCUT2D eigenvalue weighted by molar-refractivity contribution is 6.24. The second-order valence-corrected chi connectivity index (χ2v) is 15.7. The Morgan fingerprint density at radius 1 is 0.368 bits per heavy atom. The van der Waals surface area contributed by atoms with Crippen LogP contribution in [-0.2, 0) is 5.41 Å². The molecule has 0 saturated heterocycles. The zero-order chi connectivity index (χ0) is 38.1. The van der Waals surface area contributed by atoms with Gasteiger partial charge >= 0.3 is 0 Å². The van der Waals surface area contributed by atoms with Gasteiger partial charge in [0.15, 0.2) is 0 Å². The second kappa shape index (κ2) is 13.0. The molecule has 0 aliphatic heterocycles. The molecule has 2 nitrogen and oxygen atoms in total. The van der Waals surface area contributed by atoms with E-state index < -0.39 is 0 Å². The van der Waals surface area contributed by atoms with E-state index in [4.69, 9.17) is 4.42 Å². The summed E-state index contributed by atoms with van der Waals surface area (Å²) in [5.74, 6) is 0. The summed E-state index contributed by atoms with van der Waals surface area (Å²) in [7, 11) is 0. The van der Waals surface area contributed by atoms with E-state index in [1.165, 1.54) is 49.9 Å². The molecule has 0 fully saturated rings. The maximum absolute atomic E-state index is 7.20. The lowest BCUT2D eigenvalue weighted by atomic mass is 9.82. The smallest absolute Gasteiger partial charge is 0.145 e. The SMILES string of the molecule is CC1(C)c2ccccc2-c2ccc(N(c3ccc(-c4ccccc4)cc3)c3ccc(-c4ccccc4)c4oc5c6ccccc6c(-c6ccccc6)cc5c34)cc21. The summed E-state index contributed by atoms with van der Waals surface area (Å²) in [5.41, 5.74) is 17.1. The average Bonchev–Trinajstić information content (AvgIpc) is 3.77. The van der Waals surface area contributed by atoms with Crippen LogP contribution in [0.15, 0.2) is 205 Å². The van der Waals surface area contributed by atoms with Crippen LogP contribution in [0.2, 0.25) is 0 Å². The van der Waals surface area contributed by atoms with Crippen LogP contribution in [-0.4, -0.2) is 0 Å². The van der Waals surface area contributed by atoms with E-state index in [1.807, 2.05) is 0 Å². The summed E-state index contributed by atoms with van der Waals surface area (Å²) in [6.07, 6.45) is 0. The molecular weight excluding hydrogens is 691 g/mol. The van der Waals surface area contributed by atoms with E-state index in [2.05, 4.69) is 219 Å². The van der Waals surface area contributed by atoms with Crippen molar-refractivity contribution in [3.8, 4) is 44.5 Å². The highest BCUT2D eigenvalue weighted by Gasteiger charge is 2.36. The lowest BCUT2D eigenvalue weighted by Gasteiger charge is -2.29. The fraction of sp³-hybridized carbons (Fsp3) is 0.0545. The number of hydrogen-bond acceptors (Lipinski definition) is 2. The van der Waals surface area contributed by atoms with Gasteiger partial charge in [-0.1, -0.05) is 172 Å². The van der Waals surface area contributed by atoms with Gasteiger partial charge in [-0.25, -0.2) is 0 Å². The molecule has 2 heteroatoms. The van der Waals surface area contributed by atoms with Crippen molar-refractivity contribution < 1.29 is 4.42 Å². The van der Waals surface area contributed by atoms with E-state index in [9.17, 15) is 0 Å². The Morgan fingerprint density at radius 3 is 1.63 bits per heavy atom. The van der Waals surface area contributed by atoms with Crippen molar-refractivity contribution >= 4 is 49.8 Å². The Balaban J connectivity index is 1.23. The van der Waals surface area contributed by atoms with Gasteiger partial charge < -0.3 is 9.32 Å². The topological polar surface area (TPSA) is 16.4 Å². The van der Waals surface area contributed by atoms with Crippen LogP contribution in [0.25, 0.3) is 77.2 Å². The van der Waals surface area contributed by atoms with Crippen LogP contribution in [0.5, 0.6) is 0 Å². The molecule has 270 valence electrons. The molecule has 0 radical (unpaired) electrons. The van der Waals surface area contributed by atoms with Crippen LogP contribution in [0.1, 0.15) is 25.0 Å². The Bertz CT molecular complexity index is 3120. The predicted molar refractivity (Wildman–Crippen MR) is 240 cm³/mol. The van der Waals surface area contributed by atoms with Crippen LogP contribution in [0.3, 0.4) is 0 Å². The Morgan fingerprint density at radius 2 is 0.912 bits per heavy atom. The largest absolute Gasteiger partial charge is 0.455 e. The average molecular weight is 730 g/mol. The highest BCUT2D eigenvalue weighted by Crippen LogP contribution is 2.53. The number of furan rings is 1. The first-order chi connectivity index (χ1) is 28.0. The minimum absolute atomic E-state index is 0.150. The fourth-order valence-corrected chi connectivity index (χ4v) is 9.27. The second-order valence-electron chi connectivity index (χ2n) is 15.7. The van der Waals surface area contributed by atoms with Crippen molar-refractivity contribution in [3.05, 3.63) is 211 Å². The van der Waals surface area contributed by atoms with E-state index in [1.54, 1.807) is 0 Å². The predicted octanol–water partition coefficient (Wildman–Crippen LogP) is 15.5. The number of fused-ring (bicyclic) bond motifs is 8. The molecule has 0 spiro atoms. The van der Waals surface area contributed by atoms with Crippen molar-refractivity contribution in [2.75, 3.05) is 4.90 Å². The van der Waals surface area contributed by atoms with E-state index in [0.717, 1.165) is 55.5 Å². The molecule has 0 N–H and O–H groups in total. The summed E-state index contributed by atoms with van der Waals surface area (Å²) >= 11 is 0. The summed E-state index contributed by atoms with van der Waals surface area (Å²) < 4.78 is 7.20. The molecule has 0 unspecified atom stereocenters. The van der Waals surface area contributed by atoms with Crippen LogP contribution in [0.4, 0.5) is 17.1 Å². The molecule has 9 aromatic carbocycles. The zero-order valence-electron chi connectivity index (χ0n) is 31.9. The molecular formula is C55H39NO. The number of benzene rings is 9. The van der Waals surface area contributed by atoms with Crippen molar-refractivity contribution in [1.29, 1.82) is 0 Å². The molecule has 1 heterocycles. The number of rotatable bonds is 6. The highest BCUT2D eigenvalue weighted by atomic mass is 16.3. The quantitative estimate of drug-likeness (QED) is 0.169. The molecule has 1 aromatic heterocycles. The molecule has 11 rings (SSSR count). The first-order valence-corrected chi connectivity index (χ1v) is 19.8. The molecule has 57 heavy (non-hydrogen) atoms. The summed E-state index contributed by atoms with van der Waals surface area (Å²) in [6.45, 7) is 4.71. The van der Waals surface area contributed by atoms with Crippen LogP contribution in [0, 0.1) is 0 Å². The number of anilines is 3. The van der Waals surface area contributed by atoms with E-state index in [0.29, 0.717) is 0 Å². The standard InChI is InChI=1S/C55H39NO/c1-55(2)49-25-15-14-23-44(49)45-31-30-41(34-50(45)55)56(40-28-26-37(27-29-40)36-16-6-3-7-17-36)51-33-32-42(38-18-8-4-9-19-38)54-52(51)48-35-47(39-20-10-5-11-21-39)43-22-12-13-24-46(43)53(48)57-54/h3-35H,1-2H3. The van der Waals surface area contributed by atoms with Crippen molar-refractivity contribution in [3.63, 3.8) is 0 Å². The molecule has 0 atom stereocenters. The lowest BCUT2D eigenvalue weighted by molar-refractivity contribution is 0.660. The van der Waals surface area contributed by atoms with Crippen LogP contribution >= 0.6 is 0 Å². The lowest BCUT2D eigenvalue weighted by Crippen LogP contribution is -2.16. The molecule has 0 saturated carbocycles. The van der Waals surface area contributed by atoms with Gasteiger partial charge in [0.2, 0.25) is 0 Å². The Hall–Kier alpha value is -7.16. The van der Waals surface area contributed by atoms with Gasteiger partial charge in [0.05, 0.1) is 11.1 Å². The third-order valence-electron chi connectivity index (χ3n) is 12.1.